The Morgan fingerprint density at radius 3 is 2.39 bits per heavy atom. The average molecular weight is 495 g/mol. The molecule has 0 saturated heterocycles. The number of amides is 2. The first kappa shape index (κ1) is 27.0. The van der Waals surface area contributed by atoms with Gasteiger partial charge in [0.05, 0.1) is 11.2 Å². The van der Waals surface area contributed by atoms with E-state index in [2.05, 4.69) is 10.3 Å². The number of aryl methyl sites for hydroxylation is 2. The van der Waals surface area contributed by atoms with Gasteiger partial charge in [-0.05, 0) is 65.2 Å². The number of ether oxygens (including phenoxy) is 1. The molecule has 2 heterocycles. The van der Waals surface area contributed by atoms with E-state index >= 15 is 0 Å². The molecule has 0 aliphatic carbocycles. The first-order valence-electron chi connectivity index (χ1n) is 12.3. The zero-order chi connectivity index (χ0) is 26.7. The van der Waals surface area contributed by atoms with E-state index in [0.717, 1.165) is 17.5 Å². The molecule has 194 valence electrons. The summed E-state index contributed by atoms with van der Waals surface area (Å²) in [5.74, 6) is 0.294. The summed E-state index contributed by atoms with van der Waals surface area (Å²) >= 11 is 0. The molecular formula is C28H38N4O4. The van der Waals surface area contributed by atoms with Crippen LogP contribution in [0.1, 0.15) is 74.8 Å². The van der Waals surface area contributed by atoms with Crippen molar-refractivity contribution in [2.45, 2.75) is 79.0 Å². The largest absolute Gasteiger partial charge is 0.485 e. The fourth-order valence-electron chi connectivity index (χ4n) is 4.97. The van der Waals surface area contributed by atoms with Gasteiger partial charge in [0.2, 0.25) is 0 Å². The lowest BCUT2D eigenvalue weighted by Gasteiger charge is -2.47. The average Bonchev–Trinajstić information content (AvgIpc) is 3.11. The van der Waals surface area contributed by atoms with Gasteiger partial charge in [-0.1, -0.05) is 43.7 Å². The number of benzene rings is 1. The van der Waals surface area contributed by atoms with Crippen LogP contribution < -0.4 is 10.1 Å². The van der Waals surface area contributed by atoms with Gasteiger partial charge in [-0.15, -0.1) is 0 Å². The van der Waals surface area contributed by atoms with Gasteiger partial charge in [0, 0.05) is 18.3 Å². The standard InChI is InChI=1S/C28H38N4O4/c1-8-14-28(7,32(26(34)35)27(4,5)6)18-29-25(33)23-20(3)30-24-22(15-19(2)16-31(23)24)36-17-21-12-10-9-11-13-21/h9-13,15-16H,8,14,17-18H2,1-7H3,(H,29,33)(H,34,35). The van der Waals surface area contributed by atoms with Gasteiger partial charge >= 0.3 is 6.09 Å². The predicted octanol–water partition coefficient (Wildman–Crippen LogP) is 5.60. The fourth-order valence-corrected chi connectivity index (χ4v) is 4.97. The molecule has 0 aliphatic rings. The quantitative estimate of drug-likeness (QED) is 0.404. The van der Waals surface area contributed by atoms with Crippen molar-refractivity contribution in [2.24, 2.45) is 0 Å². The number of rotatable bonds is 9. The summed E-state index contributed by atoms with van der Waals surface area (Å²) in [5, 5.41) is 13.0. The van der Waals surface area contributed by atoms with Gasteiger partial charge in [-0.25, -0.2) is 9.78 Å². The number of pyridine rings is 1. The summed E-state index contributed by atoms with van der Waals surface area (Å²) in [7, 11) is 0. The van der Waals surface area contributed by atoms with Crippen LogP contribution in [0.25, 0.3) is 5.65 Å². The SMILES string of the molecule is CCCC(C)(CNC(=O)c1c(C)nc2c(OCc3ccccc3)cc(C)cn12)N(C(=O)O)C(C)(C)C. The van der Waals surface area contributed by atoms with Crippen LogP contribution >= 0.6 is 0 Å². The molecular weight excluding hydrogens is 456 g/mol. The lowest BCUT2D eigenvalue weighted by Crippen LogP contribution is -2.62. The smallest absolute Gasteiger partial charge is 0.408 e. The van der Waals surface area contributed by atoms with E-state index in [4.69, 9.17) is 4.74 Å². The highest BCUT2D eigenvalue weighted by Crippen LogP contribution is 2.30. The first-order valence-corrected chi connectivity index (χ1v) is 12.3. The first-order chi connectivity index (χ1) is 16.9. The van der Waals surface area contributed by atoms with Crippen molar-refractivity contribution < 1.29 is 19.4 Å². The van der Waals surface area contributed by atoms with Crippen molar-refractivity contribution in [2.75, 3.05) is 6.54 Å². The van der Waals surface area contributed by atoms with Crippen molar-refractivity contribution in [3.05, 3.63) is 65.1 Å². The molecule has 0 radical (unpaired) electrons. The molecule has 8 heteroatoms. The van der Waals surface area contributed by atoms with Gasteiger partial charge in [-0.3, -0.25) is 14.1 Å². The monoisotopic (exact) mass is 494 g/mol. The molecule has 2 amide bonds. The molecule has 3 aromatic rings. The Morgan fingerprint density at radius 1 is 1.14 bits per heavy atom. The van der Waals surface area contributed by atoms with Crippen LogP contribution in [0, 0.1) is 13.8 Å². The van der Waals surface area contributed by atoms with Crippen LogP contribution in [-0.2, 0) is 6.61 Å². The highest BCUT2D eigenvalue weighted by atomic mass is 16.5. The summed E-state index contributed by atoms with van der Waals surface area (Å²) in [6.45, 7) is 13.8. The highest BCUT2D eigenvalue weighted by molar-refractivity contribution is 5.95. The van der Waals surface area contributed by atoms with Gasteiger partial charge in [0.15, 0.2) is 11.4 Å². The van der Waals surface area contributed by atoms with Crippen LogP contribution in [0.15, 0.2) is 42.6 Å². The summed E-state index contributed by atoms with van der Waals surface area (Å²) < 4.78 is 7.85. The Labute approximate surface area is 213 Å². The van der Waals surface area contributed by atoms with E-state index in [0.29, 0.717) is 35.8 Å². The van der Waals surface area contributed by atoms with Crippen molar-refractivity contribution in [3.63, 3.8) is 0 Å². The summed E-state index contributed by atoms with van der Waals surface area (Å²) in [4.78, 5) is 31.7. The molecule has 0 aliphatic heterocycles. The zero-order valence-corrected chi connectivity index (χ0v) is 22.4. The molecule has 2 aromatic heterocycles. The minimum atomic E-state index is -1.01. The van der Waals surface area contributed by atoms with Gasteiger partial charge < -0.3 is 15.2 Å². The molecule has 0 spiro atoms. The number of nitrogens with one attached hydrogen (secondary N) is 1. The Hall–Kier alpha value is -3.55. The number of hydrogen-bond acceptors (Lipinski definition) is 4. The van der Waals surface area contributed by atoms with Gasteiger partial charge in [-0.2, -0.15) is 0 Å². The van der Waals surface area contributed by atoms with Crippen LogP contribution in [0.2, 0.25) is 0 Å². The van der Waals surface area contributed by atoms with Crippen molar-refractivity contribution in [3.8, 4) is 5.75 Å². The van der Waals surface area contributed by atoms with Gasteiger partial charge in [0.25, 0.3) is 5.91 Å². The second-order valence-electron chi connectivity index (χ2n) is 10.6. The third-order valence-corrected chi connectivity index (χ3v) is 6.27. The Morgan fingerprint density at radius 2 is 1.81 bits per heavy atom. The van der Waals surface area contributed by atoms with E-state index in [1.165, 1.54) is 4.90 Å². The number of carbonyl (C=O) groups is 2. The van der Waals surface area contributed by atoms with E-state index in [1.54, 1.807) is 11.3 Å². The fraction of sp³-hybridized carbons (Fsp3) is 0.464. The third kappa shape index (κ3) is 5.80. The minimum absolute atomic E-state index is 0.180. The van der Waals surface area contributed by atoms with E-state index in [1.807, 2.05) is 84.1 Å². The molecule has 1 atom stereocenters. The van der Waals surface area contributed by atoms with Crippen LogP contribution in [0.5, 0.6) is 5.75 Å². The second-order valence-corrected chi connectivity index (χ2v) is 10.6. The number of imidazole rings is 1. The number of hydrogen-bond donors (Lipinski definition) is 2. The molecule has 36 heavy (non-hydrogen) atoms. The maximum Gasteiger partial charge on any atom is 0.408 e. The molecule has 8 nitrogen and oxygen atoms in total. The normalized spacial score (nSPS) is 13.3. The summed E-state index contributed by atoms with van der Waals surface area (Å²) in [6.07, 6.45) is 2.25. The van der Waals surface area contributed by atoms with E-state index in [-0.39, 0.29) is 12.5 Å². The molecule has 1 unspecified atom stereocenters. The summed E-state index contributed by atoms with van der Waals surface area (Å²) in [6, 6.07) is 11.8. The predicted molar refractivity (Wildman–Crippen MR) is 141 cm³/mol. The van der Waals surface area contributed by atoms with Crippen molar-refractivity contribution in [1.82, 2.24) is 19.6 Å². The second kappa shape index (κ2) is 10.6. The zero-order valence-electron chi connectivity index (χ0n) is 22.4. The maximum absolute atomic E-state index is 13.5. The Kier molecular flexibility index (Phi) is 7.96. The Balaban J connectivity index is 1.90. The minimum Gasteiger partial charge on any atom is -0.485 e. The van der Waals surface area contributed by atoms with Crippen molar-refractivity contribution >= 4 is 17.6 Å². The van der Waals surface area contributed by atoms with Crippen molar-refractivity contribution in [1.29, 1.82) is 0 Å². The van der Waals surface area contributed by atoms with Crippen LogP contribution in [0.4, 0.5) is 4.79 Å². The van der Waals surface area contributed by atoms with E-state index < -0.39 is 17.2 Å². The molecule has 1 aromatic carbocycles. The van der Waals surface area contributed by atoms with E-state index in [9.17, 15) is 14.7 Å². The lowest BCUT2D eigenvalue weighted by molar-refractivity contribution is 0.0191. The number of carbonyl (C=O) groups excluding carboxylic acids is 1. The molecule has 3 rings (SSSR count). The molecule has 0 fully saturated rings. The number of fused-ring (bicyclic) bond motifs is 1. The topological polar surface area (TPSA) is 96.2 Å². The maximum atomic E-state index is 13.5. The lowest BCUT2D eigenvalue weighted by atomic mass is 9.89. The number of aromatic nitrogens is 2. The summed E-state index contributed by atoms with van der Waals surface area (Å²) in [5.41, 5.74) is 2.12. The number of carboxylic acid groups (broad SMARTS) is 1. The third-order valence-electron chi connectivity index (χ3n) is 6.27. The molecule has 0 saturated carbocycles. The highest BCUT2D eigenvalue weighted by Gasteiger charge is 2.42. The van der Waals surface area contributed by atoms with Crippen LogP contribution in [0.3, 0.4) is 0 Å². The number of nitrogens with zero attached hydrogens (tertiary/aromatic N) is 3. The van der Waals surface area contributed by atoms with Gasteiger partial charge in [0.1, 0.15) is 12.3 Å². The van der Waals surface area contributed by atoms with Crippen LogP contribution in [-0.4, -0.2) is 49.0 Å². The Bertz CT molecular complexity index is 1230. The molecule has 2 N–H and O–H groups in total. The molecule has 0 bridgehead atoms.